The van der Waals surface area contributed by atoms with Gasteiger partial charge in [0.2, 0.25) is 0 Å². The summed E-state index contributed by atoms with van der Waals surface area (Å²) in [6, 6.07) is 0. The van der Waals surface area contributed by atoms with E-state index in [9.17, 15) is 19.2 Å². The third-order valence-electron chi connectivity index (χ3n) is 3.44. The van der Waals surface area contributed by atoms with Crippen molar-refractivity contribution in [2.45, 2.75) is 57.7 Å². The average molecular weight is 362 g/mol. The van der Waals surface area contributed by atoms with Crippen LogP contribution in [0.2, 0.25) is 0 Å². The highest BCUT2D eigenvalue weighted by molar-refractivity contribution is 7.81. The lowest BCUT2D eigenvalue weighted by Crippen LogP contribution is -2.57. The molecule has 1 aliphatic rings. The lowest BCUT2D eigenvalue weighted by molar-refractivity contribution is -0.198. The Hall–Kier alpha value is -1.77. The minimum atomic E-state index is -1.04. The van der Waals surface area contributed by atoms with E-state index in [1.165, 1.54) is 27.7 Å². The molecule has 24 heavy (non-hydrogen) atoms. The molecular formula is C15H22O8S. The zero-order valence-corrected chi connectivity index (χ0v) is 14.9. The van der Waals surface area contributed by atoms with Crippen molar-refractivity contribution in [2.75, 3.05) is 6.61 Å². The monoisotopic (exact) mass is 362 g/mol. The summed E-state index contributed by atoms with van der Waals surface area (Å²) in [6.45, 7) is 4.85. The molecule has 0 aromatic heterocycles. The van der Waals surface area contributed by atoms with E-state index in [0.717, 1.165) is 0 Å². The largest absolute Gasteiger partial charge is 0.465 e. The molecule has 0 bridgehead atoms. The number of thiol groups is 1. The summed E-state index contributed by atoms with van der Waals surface area (Å²) in [5, 5.41) is -0.481. The smallest absolute Gasteiger partial charge is 0.303 e. The standard InChI is InChI=1S/C15H22O8S/c1-7(16)20-6-11-5-12(24)14(22-9(3)18)15(23-10(4)19)13(11)21-8(2)17/h11-15,24H,5-6H2,1-4H3/t11?,12-,13-,14?,15+/m1/s1. The predicted octanol–water partition coefficient (Wildman–Crippen LogP) is 0.663. The first-order valence-electron chi connectivity index (χ1n) is 7.45. The van der Waals surface area contributed by atoms with Crippen molar-refractivity contribution < 1.29 is 38.1 Å². The maximum atomic E-state index is 11.4. The van der Waals surface area contributed by atoms with E-state index in [1.54, 1.807) is 0 Å². The molecule has 0 saturated heterocycles. The maximum Gasteiger partial charge on any atom is 0.303 e. The van der Waals surface area contributed by atoms with Crippen LogP contribution in [0.1, 0.15) is 34.1 Å². The zero-order valence-electron chi connectivity index (χ0n) is 14.0. The fourth-order valence-electron chi connectivity index (χ4n) is 2.66. The van der Waals surface area contributed by atoms with Crippen molar-refractivity contribution >= 4 is 36.5 Å². The van der Waals surface area contributed by atoms with Gasteiger partial charge < -0.3 is 18.9 Å². The Morgan fingerprint density at radius 3 is 1.71 bits per heavy atom. The molecule has 0 aliphatic heterocycles. The summed E-state index contributed by atoms with van der Waals surface area (Å²) in [4.78, 5) is 45.3. The molecule has 0 spiro atoms. The molecule has 0 heterocycles. The number of hydrogen-bond donors (Lipinski definition) is 1. The summed E-state index contributed by atoms with van der Waals surface area (Å²) in [5.41, 5.74) is 0. The molecule has 2 unspecified atom stereocenters. The van der Waals surface area contributed by atoms with E-state index in [1.807, 2.05) is 0 Å². The van der Waals surface area contributed by atoms with E-state index in [4.69, 9.17) is 18.9 Å². The number of ether oxygens (including phenoxy) is 4. The maximum absolute atomic E-state index is 11.4. The van der Waals surface area contributed by atoms with Gasteiger partial charge in [-0.15, -0.1) is 0 Å². The number of rotatable bonds is 5. The molecule has 136 valence electrons. The molecule has 5 atom stereocenters. The Labute approximate surface area is 145 Å². The number of hydrogen-bond acceptors (Lipinski definition) is 9. The average Bonchev–Trinajstić information content (AvgIpc) is 2.42. The van der Waals surface area contributed by atoms with Gasteiger partial charge in [0.15, 0.2) is 12.2 Å². The lowest BCUT2D eigenvalue weighted by atomic mass is 9.82. The fourth-order valence-corrected chi connectivity index (χ4v) is 3.16. The van der Waals surface area contributed by atoms with Crippen molar-refractivity contribution in [2.24, 2.45) is 5.92 Å². The van der Waals surface area contributed by atoms with Crippen molar-refractivity contribution in [3.63, 3.8) is 0 Å². The number of carbonyl (C=O) groups excluding carboxylic acids is 4. The van der Waals surface area contributed by atoms with Crippen LogP contribution in [0.3, 0.4) is 0 Å². The zero-order chi connectivity index (χ0) is 18.4. The van der Waals surface area contributed by atoms with Gasteiger partial charge in [-0.2, -0.15) is 12.6 Å². The molecule has 1 saturated carbocycles. The Kier molecular flexibility index (Phi) is 7.53. The normalized spacial score (nSPS) is 29.3. The molecule has 1 rings (SSSR count). The van der Waals surface area contributed by atoms with E-state index >= 15 is 0 Å². The lowest BCUT2D eigenvalue weighted by Gasteiger charge is -2.43. The predicted molar refractivity (Wildman–Crippen MR) is 84.2 cm³/mol. The Morgan fingerprint density at radius 2 is 1.25 bits per heavy atom. The highest BCUT2D eigenvalue weighted by atomic mass is 32.1. The molecular weight excluding hydrogens is 340 g/mol. The van der Waals surface area contributed by atoms with Gasteiger partial charge in [-0.05, 0) is 6.42 Å². The number of carbonyl (C=O) groups is 4. The van der Waals surface area contributed by atoms with Crippen LogP contribution in [0.5, 0.6) is 0 Å². The molecule has 0 aromatic rings. The molecule has 0 N–H and O–H groups in total. The van der Waals surface area contributed by atoms with Crippen molar-refractivity contribution in [3.05, 3.63) is 0 Å². The van der Waals surface area contributed by atoms with Gasteiger partial charge in [0.25, 0.3) is 0 Å². The van der Waals surface area contributed by atoms with Crippen LogP contribution in [0.4, 0.5) is 0 Å². The van der Waals surface area contributed by atoms with Crippen LogP contribution in [-0.2, 0) is 38.1 Å². The second-order valence-corrected chi connectivity index (χ2v) is 6.25. The van der Waals surface area contributed by atoms with Crippen molar-refractivity contribution in [1.82, 2.24) is 0 Å². The van der Waals surface area contributed by atoms with E-state index in [2.05, 4.69) is 12.6 Å². The fraction of sp³-hybridized carbons (Fsp3) is 0.733. The molecule has 1 fully saturated rings. The van der Waals surface area contributed by atoms with Crippen LogP contribution >= 0.6 is 12.6 Å². The Morgan fingerprint density at radius 1 is 0.792 bits per heavy atom. The van der Waals surface area contributed by atoms with Gasteiger partial charge >= 0.3 is 23.9 Å². The Balaban J connectivity index is 3.11. The highest BCUT2D eigenvalue weighted by Crippen LogP contribution is 2.35. The van der Waals surface area contributed by atoms with E-state index < -0.39 is 53.4 Å². The van der Waals surface area contributed by atoms with Crippen LogP contribution in [0.15, 0.2) is 0 Å². The van der Waals surface area contributed by atoms with Gasteiger partial charge in [-0.1, -0.05) is 0 Å². The molecule has 0 radical (unpaired) electrons. The van der Waals surface area contributed by atoms with Gasteiger partial charge in [-0.25, -0.2) is 0 Å². The van der Waals surface area contributed by atoms with E-state index in [-0.39, 0.29) is 6.61 Å². The summed E-state index contributed by atoms with van der Waals surface area (Å²) in [7, 11) is 0. The van der Waals surface area contributed by atoms with Gasteiger partial charge in [-0.3, -0.25) is 19.2 Å². The van der Waals surface area contributed by atoms with E-state index in [0.29, 0.717) is 6.42 Å². The summed E-state index contributed by atoms with van der Waals surface area (Å²) in [6.07, 6.45) is -2.50. The van der Waals surface area contributed by atoms with Crippen LogP contribution in [0, 0.1) is 5.92 Å². The SMILES string of the molecule is CC(=O)OCC1C[C@@H](S)C(OC(C)=O)[C@@H](OC(C)=O)[C@@H]1OC(C)=O. The second kappa shape index (κ2) is 8.91. The van der Waals surface area contributed by atoms with Crippen molar-refractivity contribution in [1.29, 1.82) is 0 Å². The van der Waals surface area contributed by atoms with Gasteiger partial charge in [0.05, 0.1) is 6.61 Å². The third-order valence-corrected chi connectivity index (χ3v) is 3.95. The Bertz CT molecular complexity index is 506. The molecule has 0 amide bonds. The molecule has 1 aliphatic carbocycles. The van der Waals surface area contributed by atoms with Crippen LogP contribution in [-0.4, -0.2) is 54.0 Å². The summed E-state index contributed by atoms with van der Waals surface area (Å²) < 4.78 is 20.7. The molecule has 9 heteroatoms. The quantitative estimate of drug-likeness (QED) is 0.432. The first-order chi connectivity index (χ1) is 11.1. The minimum Gasteiger partial charge on any atom is -0.465 e. The summed E-state index contributed by atoms with van der Waals surface area (Å²) in [5.74, 6) is -2.72. The molecule has 8 nitrogen and oxygen atoms in total. The minimum absolute atomic E-state index is 0.0328. The van der Waals surface area contributed by atoms with Gasteiger partial charge in [0, 0.05) is 38.9 Å². The van der Waals surface area contributed by atoms with Gasteiger partial charge in [0.1, 0.15) is 6.10 Å². The van der Waals surface area contributed by atoms with Crippen LogP contribution in [0.25, 0.3) is 0 Å². The first-order valence-corrected chi connectivity index (χ1v) is 7.96. The van der Waals surface area contributed by atoms with Crippen LogP contribution < -0.4 is 0 Å². The topological polar surface area (TPSA) is 105 Å². The highest BCUT2D eigenvalue weighted by Gasteiger charge is 2.49. The molecule has 0 aromatic carbocycles. The first kappa shape index (κ1) is 20.3. The van der Waals surface area contributed by atoms with Crippen molar-refractivity contribution in [3.8, 4) is 0 Å². The summed E-state index contributed by atoms with van der Waals surface area (Å²) >= 11 is 4.40. The third kappa shape index (κ3) is 6.03. The number of esters is 4. The second-order valence-electron chi connectivity index (χ2n) is 5.59.